The van der Waals surface area contributed by atoms with E-state index in [1.54, 1.807) is 6.07 Å². The zero-order valence-electron chi connectivity index (χ0n) is 25.2. The van der Waals surface area contributed by atoms with Crippen molar-refractivity contribution >= 4 is 27.8 Å². The number of carbonyl (C=O) groups excluding carboxylic acids is 1. The molecule has 5 aromatic rings. The zero-order chi connectivity index (χ0) is 30.0. The molecule has 9 nitrogen and oxygen atoms in total. The van der Waals surface area contributed by atoms with Crippen LogP contribution in [0.15, 0.2) is 73.1 Å². The van der Waals surface area contributed by atoms with Gasteiger partial charge in [-0.2, -0.15) is 0 Å². The summed E-state index contributed by atoms with van der Waals surface area (Å²) in [5.41, 5.74) is 4.56. The molecule has 2 fully saturated rings. The van der Waals surface area contributed by atoms with E-state index in [9.17, 15) is 4.79 Å². The van der Waals surface area contributed by atoms with Crippen molar-refractivity contribution in [2.45, 2.75) is 57.4 Å². The van der Waals surface area contributed by atoms with Crippen LogP contribution in [0.1, 0.15) is 65.6 Å². The molecular weight excluding hydrogens is 554 g/mol. The summed E-state index contributed by atoms with van der Waals surface area (Å²) in [6.07, 6.45) is 6.91. The summed E-state index contributed by atoms with van der Waals surface area (Å²) in [6.45, 7) is 6.12. The molecule has 226 valence electrons. The molecule has 3 aromatic heterocycles. The van der Waals surface area contributed by atoms with Gasteiger partial charge in [0.25, 0.3) is 0 Å². The van der Waals surface area contributed by atoms with Crippen LogP contribution in [0.5, 0.6) is 5.88 Å². The van der Waals surface area contributed by atoms with E-state index in [-0.39, 0.29) is 18.1 Å². The average molecular weight is 592 g/mol. The van der Waals surface area contributed by atoms with Gasteiger partial charge in [-0.3, -0.25) is 9.88 Å². The third-order valence-corrected chi connectivity index (χ3v) is 9.08. The minimum absolute atomic E-state index is 0.116. The predicted octanol–water partition coefficient (Wildman–Crippen LogP) is 6.07. The van der Waals surface area contributed by atoms with Gasteiger partial charge < -0.3 is 18.8 Å². The number of nitrogens with zero attached hydrogens (tertiary/aromatic N) is 5. The molecule has 0 N–H and O–H groups in total. The Morgan fingerprint density at radius 1 is 1.02 bits per heavy atom. The number of likely N-dealkylation sites (tertiary alicyclic amines) is 1. The number of methoxy groups -OCH3 is 1. The van der Waals surface area contributed by atoms with Crippen molar-refractivity contribution in [1.82, 2.24) is 24.4 Å². The number of rotatable bonds is 9. The smallest absolute Gasteiger partial charge is 0.337 e. The van der Waals surface area contributed by atoms with E-state index < -0.39 is 0 Å². The van der Waals surface area contributed by atoms with Gasteiger partial charge in [-0.1, -0.05) is 18.2 Å². The fraction of sp³-hybridized carbons (Fsp3) is 0.371. The maximum absolute atomic E-state index is 12.3. The molecule has 0 bridgehead atoms. The zero-order valence-corrected chi connectivity index (χ0v) is 25.2. The van der Waals surface area contributed by atoms with Crippen LogP contribution in [-0.2, 0) is 22.6 Å². The van der Waals surface area contributed by atoms with Crippen LogP contribution in [0.2, 0.25) is 0 Å². The first-order valence-electron chi connectivity index (χ1n) is 15.4. The first-order chi connectivity index (χ1) is 21.6. The van der Waals surface area contributed by atoms with Crippen molar-refractivity contribution in [3.05, 3.63) is 95.7 Å². The van der Waals surface area contributed by atoms with Crippen LogP contribution in [0.3, 0.4) is 0 Å². The Kier molecular flexibility index (Phi) is 7.97. The van der Waals surface area contributed by atoms with E-state index in [4.69, 9.17) is 24.2 Å². The van der Waals surface area contributed by atoms with E-state index in [0.717, 1.165) is 84.4 Å². The van der Waals surface area contributed by atoms with Gasteiger partial charge in [0.1, 0.15) is 12.4 Å². The fourth-order valence-electron chi connectivity index (χ4n) is 6.39. The van der Waals surface area contributed by atoms with Gasteiger partial charge in [-0.05, 0) is 86.6 Å². The third kappa shape index (κ3) is 5.77. The summed E-state index contributed by atoms with van der Waals surface area (Å²) in [5.74, 6) is 1.70. The maximum Gasteiger partial charge on any atom is 0.337 e. The highest BCUT2D eigenvalue weighted by Crippen LogP contribution is 2.34. The lowest BCUT2D eigenvalue weighted by Crippen LogP contribution is -2.37. The standard InChI is InChI=1S/C35H37N5O4/c1-23(34-38-31-9-8-27(35(41)42-2)19-32(31)40(34)21-29-13-17-43-29)39-15-11-25(12-16-39)30-4-3-5-33(37-30)44-22-24-6-7-28-20-36-14-10-26(28)18-24/h3-10,14,18-20,23,25,29H,11-13,15-17,21-22H2,1-2H3/t23?,29-/m0/s1. The van der Waals surface area contributed by atoms with Crippen LogP contribution < -0.4 is 4.74 Å². The van der Waals surface area contributed by atoms with E-state index in [1.807, 2.05) is 42.7 Å². The Morgan fingerprint density at radius 3 is 2.68 bits per heavy atom. The highest BCUT2D eigenvalue weighted by molar-refractivity contribution is 5.93. The lowest BCUT2D eigenvalue weighted by Gasteiger charge is -2.36. The Labute approximate surface area is 256 Å². The highest BCUT2D eigenvalue weighted by Gasteiger charge is 2.30. The predicted molar refractivity (Wildman–Crippen MR) is 168 cm³/mol. The molecule has 7 rings (SSSR count). The normalized spacial score (nSPS) is 18.3. The molecule has 2 atom stereocenters. The number of hydrogen-bond donors (Lipinski definition) is 0. The van der Waals surface area contributed by atoms with Crippen LogP contribution in [0.4, 0.5) is 0 Å². The first-order valence-corrected chi connectivity index (χ1v) is 15.4. The summed E-state index contributed by atoms with van der Waals surface area (Å²) in [7, 11) is 1.41. The number of carbonyl (C=O) groups is 1. The van der Waals surface area contributed by atoms with E-state index in [2.05, 4.69) is 45.6 Å². The lowest BCUT2D eigenvalue weighted by molar-refractivity contribution is -0.0594. The molecule has 2 aliphatic rings. The summed E-state index contributed by atoms with van der Waals surface area (Å²) < 4.78 is 19.1. The molecule has 2 aliphatic heterocycles. The molecule has 9 heteroatoms. The van der Waals surface area contributed by atoms with Crippen molar-refractivity contribution in [2.75, 3.05) is 26.8 Å². The number of imidazole rings is 1. The number of ether oxygens (including phenoxy) is 3. The third-order valence-electron chi connectivity index (χ3n) is 9.08. The average Bonchev–Trinajstić information content (AvgIpc) is 3.42. The Balaban J connectivity index is 1.03. The molecule has 0 spiro atoms. The second-order valence-electron chi connectivity index (χ2n) is 11.8. The van der Waals surface area contributed by atoms with Gasteiger partial charge in [-0.15, -0.1) is 0 Å². The Hall–Kier alpha value is -4.34. The van der Waals surface area contributed by atoms with Crippen molar-refractivity contribution in [3.8, 4) is 5.88 Å². The molecule has 0 amide bonds. The van der Waals surface area contributed by atoms with Crippen molar-refractivity contribution in [3.63, 3.8) is 0 Å². The first kappa shape index (κ1) is 28.4. The van der Waals surface area contributed by atoms with Gasteiger partial charge in [0.15, 0.2) is 0 Å². The highest BCUT2D eigenvalue weighted by atomic mass is 16.5. The van der Waals surface area contributed by atoms with Crippen molar-refractivity contribution in [1.29, 1.82) is 0 Å². The van der Waals surface area contributed by atoms with Gasteiger partial charge in [0.05, 0.1) is 42.4 Å². The molecule has 0 aliphatic carbocycles. The van der Waals surface area contributed by atoms with Crippen LogP contribution in [0, 0.1) is 0 Å². The van der Waals surface area contributed by atoms with E-state index in [0.29, 0.717) is 24.0 Å². The summed E-state index contributed by atoms with van der Waals surface area (Å²) >= 11 is 0. The number of fused-ring (bicyclic) bond motifs is 2. The number of aromatic nitrogens is 4. The molecule has 5 heterocycles. The molecule has 0 radical (unpaired) electrons. The van der Waals surface area contributed by atoms with Crippen LogP contribution in [-0.4, -0.2) is 63.3 Å². The van der Waals surface area contributed by atoms with Crippen LogP contribution in [0.25, 0.3) is 21.8 Å². The second-order valence-corrected chi connectivity index (χ2v) is 11.8. The maximum atomic E-state index is 12.3. The largest absolute Gasteiger partial charge is 0.473 e. The molecule has 2 aromatic carbocycles. The van der Waals surface area contributed by atoms with Gasteiger partial charge in [0, 0.05) is 42.1 Å². The van der Waals surface area contributed by atoms with Gasteiger partial charge in [0.2, 0.25) is 5.88 Å². The van der Waals surface area contributed by atoms with Gasteiger partial charge >= 0.3 is 5.97 Å². The minimum atomic E-state index is -0.342. The summed E-state index contributed by atoms with van der Waals surface area (Å²) in [6, 6.07) is 20.1. The fourth-order valence-corrected chi connectivity index (χ4v) is 6.39. The lowest BCUT2D eigenvalue weighted by atomic mass is 9.92. The Morgan fingerprint density at radius 2 is 1.89 bits per heavy atom. The van der Waals surface area contributed by atoms with Crippen LogP contribution >= 0.6 is 0 Å². The summed E-state index contributed by atoms with van der Waals surface area (Å²) in [4.78, 5) is 28.9. The van der Waals surface area contributed by atoms with E-state index in [1.165, 1.54) is 7.11 Å². The quantitative estimate of drug-likeness (QED) is 0.191. The molecule has 0 saturated carbocycles. The topological polar surface area (TPSA) is 91.6 Å². The number of hydrogen-bond acceptors (Lipinski definition) is 8. The molecule has 44 heavy (non-hydrogen) atoms. The van der Waals surface area contributed by atoms with Crippen molar-refractivity contribution in [2.24, 2.45) is 0 Å². The number of benzene rings is 2. The number of pyridine rings is 2. The van der Waals surface area contributed by atoms with Gasteiger partial charge in [-0.25, -0.2) is 14.8 Å². The number of esters is 1. The Bertz CT molecular complexity index is 1790. The molecule has 2 saturated heterocycles. The molecule has 1 unspecified atom stereocenters. The minimum Gasteiger partial charge on any atom is -0.473 e. The number of piperidine rings is 1. The van der Waals surface area contributed by atoms with Crippen molar-refractivity contribution < 1.29 is 19.0 Å². The SMILES string of the molecule is COC(=O)c1ccc2nc(C(C)N3CCC(c4cccc(OCc5ccc6cnccc6c5)n4)CC3)n(C[C@@H]3CCO3)c2c1. The molecular formula is C35H37N5O4. The summed E-state index contributed by atoms with van der Waals surface area (Å²) in [5, 5.41) is 2.27. The monoisotopic (exact) mass is 591 g/mol. The van der Waals surface area contributed by atoms with E-state index >= 15 is 0 Å². The second kappa shape index (κ2) is 12.3.